The molecule has 0 fully saturated rings. The van der Waals surface area contributed by atoms with Crippen molar-refractivity contribution in [2.45, 2.75) is 13.1 Å². The number of hydrogen-bond acceptors (Lipinski definition) is 2. The van der Waals surface area contributed by atoms with E-state index >= 15 is 0 Å². The first-order chi connectivity index (χ1) is 9.34. The Hall–Kier alpha value is -1.71. The van der Waals surface area contributed by atoms with Crippen molar-refractivity contribution in [3.63, 3.8) is 0 Å². The molecule has 0 atom stereocenters. The summed E-state index contributed by atoms with van der Waals surface area (Å²) in [4.78, 5) is 0. The van der Waals surface area contributed by atoms with Crippen LogP contribution in [0.15, 0.2) is 53.5 Å². The van der Waals surface area contributed by atoms with Crippen LogP contribution in [-0.4, -0.2) is 11.1 Å². The van der Waals surface area contributed by atoms with Gasteiger partial charge in [0.1, 0.15) is 0 Å². The summed E-state index contributed by atoms with van der Waals surface area (Å²) < 4.78 is 7.24. The van der Waals surface area contributed by atoms with Gasteiger partial charge < -0.3 is 14.3 Å². The molecule has 98 valence electrons. The highest BCUT2D eigenvalue weighted by Gasteiger charge is 2.03. The monoisotopic (exact) mass is 274 g/mol. The molecule has 0 amide bonds. The molecule has 0 saturated heterocycles. The highest BCUT2D eigenvalue weighted by Crippen LogP contribution is 2.23. The summed E-state index contributed by atoms with van der Waals surface area (Å²) in [5, 5.41) is 5.31. The van der Waals surface area contributed by atoms with Gasteiger partial charge >= 0.3 is 0 Å². The van der Waals surface area contributed by atoms with Gasteiger partial charge in [-0.15, -0.1) is 0 Å². The number of nitrogens with zero attached hydrogens (tertiary/aromatic N) is 1. The van der Waals surface area contributed by atoms with Crippen molar-refractivity contribution < 1.29 is 4.42 Å². The summed E-state index contributed by atoms with van der Waals surface area (Å²) in [5.41, 5.74) is 2.35. The largest absolute Gasteiger partial charge is 0.472 e. The molecule has 3 nitrogen and oxygen atoms in total. The van der Waals surface area contributed by atoms with Crippen LogP contribution in [0, 0.1) is 0 Å². The number of nitrogens with one attached hydrogen (secondary N) is 1. The summed E-state index contributed by atoms with van der Waals surface area (Å²) >= 11 is 6.16. The van der Waals surface area contributed by atoms with Crippen molar-refractivity contribution >= 4 is 22.5 Å². The second-order valence-electron chi connectivity index (χ2n) is 4.49. The third-order valence-corrected chi connectivity index (χ3v) is 3.53. The van der Waals surface area contributed by atoms with Gasteiger partial charge in [-0.3, -0.25) is 0 Å². The maximum absolute atomic E-state index is 6.16. The molecule has 0 aliphatic rings. The standard InChI is InChI=1S/C15H15ClN2O/c16-14-2-1-3-15-13(14)4-7-18(15)8-6-17-10-12-5-9-19-11-12/h1-5,7,9,11,17H,6,8,10H2. The van der Waals surface area contributed by atoms with Crippen LogP contribution < -0.4 is 5.32 Å². The lowest BCUT2D eigenvalue weighted by Gasteiger charge is -2.06. The minimum atomic E-state index is 0.808. The minimum Gasteiger partial charge on any atom is -0.472 e. The average Bonchev–Trinajstić information content (AvgIpc) is 3.05. The number of halogens is 1. The summed E-state index contributed by atoms with van der Waals surface area (Å²) in [6.45, 7) is 2.65. The van der Waals surface area contributed by atoms with E-state index in [9.17, 15) is 0 Å². The molecule has 2 heterocycles. The molecular weight excluding hydrogens is 260 g/mol. The van der Waals surface area contributed by atoms with Gasteiger partial charge in [-0.2, -0.15) is 0 Å². The third-order valence-electron chi connectivity index (χ3n) is 3.20. The molecule has 4 heteroatoms. The van der Waals surface area contributed by atoms with Gasteiger partial charge in [-0.25, -0.2) is 0 Å². The Morgan fingerprint density at radius 1 is 1.21 bits per heavy atom. The van der Waals surface area contributed by atoms with Crippen molar-refractivity contribution in [3.8, 4) is 0 Å². The number of fused-ring (bicyclic) bond motifs is 1. The fourth-order valence-corrected chi connectivity index (χ4v) is 2.44. The van der Waals surface area contributed by atoms with Gasteiger partial charge in [0, 0.05) is 47.3 Å². The Morgan fingerprint density at radius 3 is 3.00 bits per heavy atom. The number of rotatable bonds is 5. The first kappa shape index (κ1) is 12.3. The maximum Gasteiger partial charge on any atom is 0.0947 e. The Bertz CT molecular complexity index is 658. The van der Waals surface area contributed by atoms with Crippen LogP contribution in [-0.2, 0) is 13.1 Å². The smallest absolute Gasteiger partial charge is 0.0947 e. The quantitative estimate of drug-likeness (QED) is 0.720. The highest BCUT2D eigenvalue weighted by atomic mass is 35.5. The minimum absolute atomic E-state index is 0.808. The fraction of sp³-hybridized carbons (Fsp3) is 0.200. The molecule has 0 unspecified atom stereocenters. The zero-order valence-corrected chi connectivity index (χ0v) is 11.2. The van der Waals surface area contributed by atoms with E-state index in [1.165, 1.54) is 11.1 Å². The van der Waals surface area contributed by atoms with Crippen LogP contribution in [0.3, 0.4) is 0 Å². The van der Waals surface area contributed by atoms with Gasteiger partial charge in [-0.1, -0.05) is 17.7 Å². The van der Waals surface area contributed by atoms with Gasteiger partial charge in [0.15, 0.2) is 0 Å². The van der Waals surface area contributed by atoms with E-state index in [0.29, 0.717) is 0 Å². The van der Waals surface area contributed by atoms with Crippen molar-refractivity contribution in [3.05, 3.63) is 59.6 Å². The first-order valence-electron chi connectivity index (χ1n) is 6.30. The lowest BCUT2D eigenvalue weighted by atomic mass is 10.2. The van der Waals surface area contributed by atoms with E-state index in [1.54, 1.807) is 12.5 Å². The molecule has 0 saturated carbocycles. The Morgan fingerprint density at radius 2 is 2.16 bits per heavy atom. The van der Waals surface area contributed by atoms with Crippen LogP contribution in [0.25, 0.3) is 10.9 Å². The lowest BCUT2D eigenvalue weighted by molar-refractivity contribution is 0.557. The maximum atomic E-state index is 6.16. The number of furan rings is 1. The van der Waals surface area contributed by atoms with Crippen LogP contribution >= 0.6 is 11.6 Å². The normalized spacial score (nSPS) is 11.2. The summed E-state index contributed by atoms with van der Waals surface area (Å²) in [6, 6.07) is 10.0. The van der Waals surface area contributed by atoms with E-state index < -0.39 is 0 Å². The summed E-state index contributed by atoms with van der Waals surface area (Å²) in [6.07, 6.45) is 5.53. The van der Waals surface area contributed by atoms with Crippen LogP contribution in [0.2, 0.25) is 5.02 Å². The Balaban J connectivity index is 1.61. The topological polar surface area (TPSA) is 30.1 Å². The summed E-state index contributed by atoms with van der Waals surface area (Å²) in [7, 11) is 0. The zero-order valence-electron chi connectivity index (χ0n) is 10.5. The molecule has 3 aromatic rings. The van der Waals surface area contributed by atoms with Gasteiger partial charge in [0.2, 0.25) is 0 Å². The SMILES string of the molecule is Clc1cccc2c1ccn2CCNCc1ccoc1. The molecule has 0 aliphatic heterocycles. The lowest BCUT2D eigenvalue weighted by Crippen LogP contribution is -2.18. The molecule has 3 rings (SSSR count). The van der Waals surface area contributed by atoms with Crippen LogP contribution in [0.5, 0.6) is 0 Å². The highest BCUT2D eigenvalue weighted by molar-refractivity contribution is 6.35. The third kappa shape index (κ3) is 2.67. The van der Waals surface area contributed by atoms with Crippen molar-refractivity contribution in [1.29, 1.82) is 0 Å². The van der Waals surface area contributed by atoms with Crippen molar-refractivity contribution in [1.82, 2.24) is 9.88 Å². The molecule has 0 bridgehead atoms. The average molecular weight is 275 g/mol. The number of benzene rings is 1. The molecule has 19 heavy (non-hydrogen) atoms. The molecular formula is C15H15ClN2O. The van der Waals surface area contributed by atoms with E-state index in [2.05, 4.69) is 28.2 Å². The van der Waals surface area contributed by atoms with E-state index in [-0.39, 0.29) is 0 Å². The molecule has 1 aromatic carbocycles. The van der Waals surface area contributed by atoms with Crippen molar-refractivity contribution in [2.24, 2.45) is 0 Å². The zero-order chi connectivity index (χ0) is 13.1. The predicted octanol–water partition coefficient (Wildman–Crippen LogP) is 3.68. The Kier molecular flexibility index (Phi) is 3.58. The molecule has 0 radical (unpaired) electrons. The van der Waals surface area contributed by atoms with Crippen molar-refractivity contribution in [2.75, 3.05) is 6.54 Å². The predicted molar refractivity (Wildman–Crippen MR) is 77.4 cm³/mol. The van der Waals surface area contributed by atoms with Gasteiger partial charge in [0.05, 0.1) is 12.5 Å². The van der Waals surface area contributed by atoms with Crippen LogP contribution in [0.4, 0.5) is 0 Å². The molecule has 0 aliphatic carbocycles. The summed E-state index contributed by atoms with van der Waals surface area (Å²) in [5.74, 6) is 0. The Labute approximate surface area is 116 Å². The second kappa shape index (κ2) is 5.51. The fourth-order valence-electron chi connectivity index (χ4n) is 2.21. The second-order valence-corrected chi connectivity index (χ2v) is 4.90. The van der Waals surface area contributed by atoms with E-state index in [1.807, 2.05) is 18.2 Å². The molecule has 2 aromatic heterocycles. The number of aromatic nitrogens is 1. The number of hydrogen-bond donors (Lipinski definition) is 1. The van der Waals surface area contributed by atoms with E-state index in [4.69, 9.17) is 16.0 Å². The van der Waals surface area contributed by atoms with Crippen LogP contribution in [0.1, 0.15) is 5.56 Å². The molecule has 1 N–H and O–H groups in total. The van der Waals surface area contributed by atoms with E-state index in [0.717, 1.165) is 30.0 Å². The molecule has 0 spiro atoms. The van der Waals surface area contributed by atoms with Gasteiger partial charge in [0.25, 0.3) is 0 Å². The first-order valence-corrected chi connectivity index (χ1v) is 6.67. The van der Waals surface area contributed by atoms with Gasteiger partial charge in [-0.05, 0) is 24.3 Å².